The van der Waals surface area contributed by atoms with E-state index in [-0.39, 0.29) is 23.3 Å². The van der Waals surface area contributed by atoms with Gasteiger partial charge in [-0.2, -0.15) is 0 Å². The monoisotopic (exact) mass is 414 g/mol. The molecule has 0 aliphatic heterocycles. The number of anilines is 2. The molecule has 0 fully saturated rings. The van der Waals surface area contributed by atoms with Crippen molar-refractivity contribution >= 4 is 23.2 Å². The lowest BCUT2D eigenvalue weighted by atomic mass is 10.2. The minimum absolute atomic E-state index is 0.0183. The van der Waals surface area contributed by atoms with Crippen LogP contribution < -0.4 is 10.6 Å². The second kappa shape index (κ2) is 10.6. The highest BCUT2D eigenvalue weighted by molar-refractivity contribution is 5.96. The van der Waals surface area contributed by atoms with Crippen LogP contribution in [0.2, 0.25) is 0 Å². The molecule has 0 bridgehead atoms. The van der Waals surface area contributed by atoms with E-state index in [9.17, 15) is 19.8 Å². The van der Waals surface area contributed by atoms with E-state index in [0.29, 0.717) is 24.5 Å². The van der Waals surface area contributed by atoms with Crippen LogP contribution in [0.25, 0.3) is 0 Å². The molecule has 0 radical (unpaired) electrons. The molecule has 0 unspecified atom stereocenters. The van der Waals surface area contributed by atoms with Gasteiger partial charge in [0.25, 0.3) is 0 Å². The van der Waals surface area contributed by atoms with Gasteiger partial charge in [0.1, 0.15) is 11.5 Å². The smallest absolute Gasteiger partial charge is 0.241 e. The van der Waals surface area contributed by atoms with E-state index in [0.717, 1.165) is 0 Å². The summed E-state index contributed by atoms with van der Waals surface area (Å²) in [6, 6.07) is 12.3. The number of hydrogen-bond donors (Lipinski definition) is 4. The predicted molar refractivity (Wildman–Crippen MR) is 118 cm³/mol. The minimum atomic E-state index is -0.427. The van der Waals surface area contributed by atoms with Gasteiger partial charge in [0.2, 0.25) is 11.8 Å². The zero-order chi connectivity index (χ0) is 22.3. The van der Waals surface area contributed by atoms with Crippen LogP contribution in [0.4, 0.5) is 11.4 Å². The Labute approximate surface area is 177 Å². The van der Waals surface area contributed by atoms with Crippen LogP contribution in [-0.4, -0.2) is 71.1 Å². The van der Waals surface area contributed by atoms with Crippen LogP contribution in [0.15, 0.2) is 48.5 Å². The molecular weight excluding hydrogens is 384 g/mol. The van der Waals surface area contributed by atoms with Crippen LogP contribution in [0.3, 0.4) is 0 Å². The van der Waals surface area contributed by atoms with E-state index in [1.54, 1.807) is 50.2 Å². The van der Waals surface area contributed by atoms with E-state index >= 15 is 0 Å². The Morgan fingerprint density at radius 2 is 1.10 bits per heavy atom. The van der Waals surface area contributed by atoms with Crippen molar-refractivity contribution in [1.29, 1.82) is 0 Å². The third-order valence-electron chi connectivity index (χ3n) is 5.21. The van der Waals surface area contributed by atoms with Crippen molar-refractivity contribution in [3.8, 4) is 11.5 Å². The van der Waals surface area contributed by atoms with Gasteiger partial charge in [0, 0.05) is 13.1 Å². The van der Waals surface area contributed by atoms with E-state index in [1.165, 1.54) is 12.1 Å². The van der Waals surface area contributed by atoms with Crippen molar-refractivity contribution < 1.29 is 19.8 Å². The van der Waals surface area contributed by atoms with Gasteiger partial charge in [-0.25, -0.2) is 0 Å². The number of carbonyl (C=O) groups excluding carboxylic acids is 2. The number of hydrogen-bond acceptors (Lipinski definition) is 6. The molecule has 0 aliphatic rings. The van der Waals surface area contributed by atoms with Crippen LogP contribution in [0.5, 0.6) is 11.5 Å². The van der Waals surface area contributed by atoms with Gasteiger partial charge < -0.3 is 20.8 Å². The Hall–Kier alpha value is -3.10. The lowest BCUT2D eigenvalue weighted by Gasteiger charge is -2.29. The van der Waals surface area contributed by atoms with Crippen molar-refractivity contribution in [2.45, 2.75) is 25.9 Å². The molecule has 0 aromatic heterocycles. The van der Waals surface area contributed by atoms with E-state index < -0.39 is 12.1 Å². The van der Waals surface area contributed by atoms with Gasteiger partial charge in [-0.3, -0.25) is 19.4 Å². The van der Waals surface area contributed by atoms with Crippen LogP contribution in [0.1, 0.15) is 13.8 Å². The van der Waals surface area contributed by atoms with Gasteiger partial charge in [-0.05, 0) is 52.2 Å². The maximum Gasteiger partial charge on any atom is 0.241 e. The zero-order valence-corrected chi connectivity index (χ0v) is 17.8. The summed E-state index contributed by atoms with van der Waals surface area (Å²) < 4.78 is 0. The Balaban J connectivity index is 1.84. The number of phenols is 2. The molecule has 162 valence electrons. The lowest BCUT2D eigenvalue weighted by molar-refractivity contribution is -0.122. The first-order valence-corrected chi connectivity index (χ1v) is 9.79. The molecule has 8 heteroatoms. The molecule has 30 heavy (non-hydrogen) atoms. The largest absolute Gasteiger partial charge is 0.506 e. The van der Waals surface area contributed by atoms with E-state index in [1.807, 2.05) is 23.9 Å². The molecule has 0 aliphatic carbocycles. The summed E-state index contributed by atoms with van der Waals surface area (Å²) in [7, 11) is 3.66. The summed E-state index contributed by atoms with van der Waals surface area (Å²) in [4.78, 5) is 28.7. The highest BCUT2D eigenvalue weighted by Gasteiger charge is 2.22. The number of benzene rings is 2. The number of nitrogens with one attached hydrogen (secondary N) is 2. The fourth-order valence-electron chi connectivity index (χ4n) is 2.74. The number of likely N-dealkylation sites (N-methyl/N-ethyl adjacent to an activating group) is 2. The highest BCUT2D eigenvalue weighted by Crippen LogP contribution is 2.22. The number of nitrogens with zero attached hydrogens (tertiary/aromatic N) is 2. The number of amides is 2. The molecule has 0 spiro atoms. The van der Waals surface area contributed by atoms with Gasteiger partial charge in [0.05, 0.1) is 23.5 Å². The first kappa shape index (κ1) is 23.2. The lowest BCUT2D eigenvalue weighted by Crippen LogP contribution is -2.46. The molecule has 2 atom stereocenters. The van der Waals surface area contributed by atoms with Gasteiger partial charge in [-0.15, -0.1) is 0 Å². The molecule has 2 rings (SSSR count). The van der Waals surface area contributed by atoms with Crippen molar-refractivity contribution in [3.63, 3.8) is 0 Å². The Kier molecular flexibility index (Phi) is 8.20. The number of rotatable bonds is 9. The molecule has 4 N–H and O–H groups in total. The Bertz CT molecular complexity index is 802. The number of para-hydroxylation sites is 4. The van der Waals surface area contributed by atoms with Crippen molar-refractivity contribution in [1.82, 2.24) is 9.80 Å². The summed E-state index contributed by atoms with van der Waals surface area (Å²) in [5.41, 5.74) is 0.739. The number of phenolic OH excluding ortho intramolecular Hbond substituents is 2. The molecule has 8 nitrogen and oxygen atoms in total. The highest BCUT2D eigenvalue weighted by atomic mass is 16.3. The quantitative estimate of drug-likeness (QED) is 0.470. The second-order valence-corrected chi connectivity index (χ2v) is 7.33. The van der Waals surface area contributed by atoms with Crippen molar-refractivity contribution in [3.05, 3.63) is 48.5 Å². The molecule has 0 heterocycles. The molecule has 2 aromatic rings. The van der Waals surface area contributed by atoms with Crippen LogP contribution in [0, 0.1) is 0 Å². The van der Waals surface area contributed by atoms with Crippen molar-refractivity contribution in [2.75, 3.05) is 37.8 Å². The minimum Gasteiger partial charge on any atom is -0.506 e. The molecule has 0 saturated heterocycles. The van der Waals surface area contributed by atoms with E-state index in [2.05, 4.69) is 10.6 Å². The fraction of sp³-hybridized carbons (Fsp3) is 0.364. The summed E-state index contributed by atoms with van der Waals surface area (Å²) in [6.07, 6.45) is 0. The SMILES string of the molecule is C[C@@H](C(=O)Nc1ccccc1O)N(C)CCN(C)[C@@H](C)C(=O)Nc1ccccc1O. The summed E-state index contributed by atoms with van der Waals surface area (Å²) in [5.74, 6) is -0.423. The average molecular weight is 415 g/mol. The first-order chi connectivity index (χ1) is 14.2. The summed E-state index contributed by atoms with van der Waals surface area (Å²) in [6.45, 7) is 4.67. The number of aromatic hydroxyl groups is 2. The zero-order valence-electron chi connectivity index (χ0n) is 17.8. The standard InChI is InChI=1S/C22H30N4O4/c1-15(21(29)23-17-9-5-7-11-19(17)27)25(3)13-14-26(4)16(2)22(30)24-18-10-6-8-12-20(18)28/h5-12,15-16,27-28H,13-14H2,1-4H3,(H,23,29)(H,24,30)/t15-,16-/m0/s1. The maximum atomic E-state index is 12.5. The van der Waals surface area contributed by atoms with Gasteiger partial charge in [-0.1, -0.05) is 24.3 Å². The maximum absolute atomic E-state index is 12.5. The van der Waals surface area contributed by atoms with Gasteiger partial charge >= 0.3 is 0 Å². The topological polar surface area (TPSA) is 105 Å². The molecule has 2 amide bonds. The van der Waals surface area contributed by atoms with Crippen LogP contribution in [-0.2, 0) is 9.59 Å². The third-order valence-corrected chi connectivity index (χ3v) is 5.21. The van der Waals surface area contributed by atoms with Crippen LogP contribution >= 0.6 is 0 Å². The fourth-order valence-corrected chi connectivity index (χ4v) is 2.74. The van der Waals surface area contributed by atoms with E-state index in [4.69, 9.17) is 0 Å². The Morgan fingerprint density at radius 3 is 1.43 bits per heavy atom. The predicted octanol–water partition coefficient (Wildman–Crippen LogP) is 2.32. The third kappa shape index (κ3) is 6.20. The molecule has 2 aromatic carbocycles. The Morgan fingerprint density at radius 1 is 0.767 bits per heavy atom. The summed E-state index contributed by atoms with van der Waals surface area (Å²) >= 11 is 0. The number of carbonyl (C=O) groups is 2. The normalized spacial score (nSPS) is 13.1. The molecule has 0 saturated carbocycles. The molecular formula is C22H30N4O4. The first-order valence-electron chi connectivity index (χ1n) is 9.79. The average Bonchev–Trinajstić information content (AvgIpc) is 2.73. The van der Waals surface area contributed by atoms with Crippen molar-refractivity contribution in [2.24, 2.45) is 0 Å². The summed E-state index contributed by atoms with van der Waals surface area (Å²) in [5, 5.41) is 25.0. The second-order valence-electron chi connectivity index (χ2n) is 7.33. The van der Waals surface area contributed by atoms with Gasteiger partial charge in [0.15, 0.2) is 0 Å².